The predicted octanol–water partition coefficient (Wildman–Crippen LogP) is 0.630. The fourth-order valence-corrected chi connectivity index (χ4v) is 4.23. The lowest BCUT2D eigenvalue weighted by molar-refractivity contribution is 0.0965. The van der Waals surface area contributed by atoms with Gasteiger partial charge in [-0.05, 0) is 30.9 Å². The van der Waals surface area contributed by atoms with Crippen LogP contribution in [0.15, 0.2) is 39.9 Å². The molecule has 0 atom stereocenters. The molecule has 6 heteroatoms. The molecule has 4 rings (SSSR count). The molecule has 0 amide bonds. The Kier molecular flexibility index (Phi) is 4.78. The number of aromatic amines is 1. The third kappa shape index (κ3) is 3.52. The summed E-state index contributed by atoms with van der Waals surface area (Å²) >= 11 is 0. The summed E-state index contributed by atoms with van der Waals surface area (Å²) in [5, 5.41) is 0. The Balaban J connectivity index is 1.30. The van der Waals surface area contributed by atoms with Gasteiger partial charge in [-0.3, -0.25) is 19.2 Å². The summed E-state index contributed by atoms with van der Waals surface area (Å²) in [4.78, 5) is 31.6. The van der Waals surface area contributed by atoms with E-state index < -0.39 is 0 Å². The molecule has 1 aliphatic heterocycles. The highest BCUT2D eigenvalue weighted by atomic mass is 16.2. The Hall–Kier alpha value is -2.18. The van der Waals surface area contributed by atoms with Crippen molar-refractivity contribution in [2.75, 3.05) is 32.7 Å². The van der Waals surface area contributed by atoms with Gasteiger partial charge >= 0.3 is 5.69 Å². The van der Waals surface area contributed by atoms with Crippen molar-refractivity contribution in [3.05, 3.63) is 68.0 Å². The molecule has 2 heterocycles. The molecule has 26 heavy (non-hydrogen) atoms. The molecule has 0 unspecified atom stereocenters. The minimum atomic E-state index is -0.308. The zero-order valence-electron chi connectivity index (χ0n) is 15.3. The van der Waals surface area contributed by atoms with Crippen LogP contribution in [-0.2, 0) is 19.4 Å². The summed E-state index contributed by atoms with van der Waals surface area (Å²) in [7, 11) is 0. The van der Waals surface area contributed by atoms with E-state index in [0.717, 1.165) is 45.6 Å². The molecule has 1 aromatic carbocycles. The van der Waals surface area contributed by atoms with Gasteiger partial charge in [-0.15, -0.1) is 0 Å². The number of benzene rings is 1. The number of piperazine rings is 1. The van der Waals surface area contributed by atoms with E-state index in [0.29, 0.717) is 18.3 Å². The second kappa shape index (κ2) is 7.21. The molecule has 1 saturated heterocycles. The molecule has 0 bridgehead atoms. The number of aryl methyl sites for hydroxylation is 1. The van der Waals surface area contributed by atoms with E-state index >= 15 is 0 Å². The first kappa shape index (κ1) is 17.2. The Morgan fingerprint density at radius 3 is 2.27 bits per heavy atom. The van der Waals surface area contributed by atoms with Crippen molar-refractivity contribution in [1.82, 2.24) is 19.4 Å². The molecule has 1 fully saturated rings. The topological polar surface area (TPSA) is 61.3 Å². The van der Waals surface area contributed by atoms with Gasteiger partial charge in [0.25, 0.3) is 5.56 Å². The zero-order chi connectivity index (χ0) is 18.1. The lowest BCUT2D eigenvalue weighted by Gasteiger charge is -2.38. The van der Waals surface area contributed by atoms with Gasteiger partial charge in [0.15, 0.2) is 0 Å². The van der Waals surface area contributed by atoms with Crippen LogP contribution in [0.1, 0.15) is 16.8 Å². The Bertz CT molecular complexity index is 837. The van der Waals surface area contributed by atoms with Gasteiger partial charge in [0, 0.05) is 57.1 Å². The minimum absolute atomic E-state index is 0.214. The van der Waals surface area contributed by atoms with Crippen LogP contribution in [0.4, 0.5) is 0 Å². The average Bonchev–Trinajstić information content (AvgIpc) is 3.05. The number of hydrogen-bond donors (Lipinski definition) is 1. The first-order valence-corrected chi connectivity index (χ1v) is 9.44. The van der Waals surface area contributed by atoms with Gasteiger partial charge in [-0.2, -0.15) is 0 Å². The van der Waals surface area contributed by atoms with Crippen LogP contribution < -0.4 is 11.2 Å². The Morgan fingerprint density at radius 1 is 1.00 bits per heavy atom. The van der Waals surface area contributed by atoms with E-state index in [9.17, 15) is 9.59 Å². The number of H-pyrrole nitrogens is 1. The number of hydrogen-bond acceptors (Lipinski definition) is 4. The molecule has 6 nitrogen and oxygen atoms in total. The third-order valence-electron chi connectivity index (χ3n) is 5.75. The van der Waals surface area contributed by atoms with Crippen LogP contribution in [0, 0.1) is 6.92 Å². The van der Waals surface area contributed by atoms with E-state index in [1.807, 2.05) is 0 Å². The van der Waals surface area contributed by atoms with E-state index in [-0.39, 0.29) is 11.2 Å². The second-order valence-corrected chi connectivity index (χ2v) is 7.46. The number of aromatic nitrogens is 2. The lowest BCUT2D eigenvalue weighted by atomic mass is 10.1. The molecule has 138 valence electrons. The lowest BCUT2D eigenvalue weighted by Crippen LogP contribution is -2.51. The van der Waals surface area contributed by atoms with E-state index in [1.165, 1.54) is 21.8 Å². The maximum absolute atomic E-state index is 12.0. The van der Waals surface area contributed by atoms with Crippen molar-refractivity contribution in [1.29, 1.82) is 0 Å². The van der Waals surface area contributed by atoms with Crippen LogP contribution >= 0.6 is 0 Å². The monoisotopic (exact) mass is 354 g/mol. The van der Waals surface area contributed by atoms with Gasteiger partial charge in [0.2, 0.25) is 0 Å². The van der Waals surface area contributed by atoms with Gasteiger partial charge in [0.05, 0.1) is 0 Å². The molecule has 1 aromatic heterocycles. The van der Waals surface area contributed by atoms with Gasteiger partial charge in [-0.1, -0.05) is 24.3 Å². The molecule has 1 aliphatic carbocycles. The summed E-state index contributed by atoms with van der Waals surface area (Å²) in [6, 6.07) is 10.9. The fourth-order valence-electron chi connectivity index (χ4n) is 4.23. The maximum Gasteiger partial charge on any atom is 0.328 e. The first-order valence-electron chi connectivity index (χ1n) is 9.44. The number of rotatable bonds is 4. The zero-order valence-corrected chi connectivity index (χ0v) is 15.3. The van der Waals surface area contributed by atoms with E-state index in [2.05, 4.69) is 39.0 Å². The van der Waals surface area contributed by atoms with Crippen LogP contribution in [0.25, 0.3) is 0 Å². The van der Waals surface area contributed by atoms with Gasteiger partial charge in [0.1, 0.15) is 0 Å². The third-order valence-corrected chi connectivity index (χ3v) is 5.75. The van der Waals surface area contributed by atoms with Crippen LogP contribution in [0.3, 0.4) is 0 Å². The highest BCUT2D eigenvalue weighted by Crippen LogP contribution is 2.26. The summed E-state index contributed by atoms with van der Waals surface area (Å²) in [5.41, 5.74) is 3.09. The average molecular weight is 354 g/mol. The minimum Gasteiger partial charge on any atom is -0.311 e. The molecule has 0 spiro atoms. The molecule has 2 aromatic rings. The number of nitrogens with one attached hydrogen (secondary N) is 1. The van der Waals surface area contributed by atoms with Crippen molar-refractivity contribution in [3.63, 3.8) is 0 Å². The Morgan fingerprint density at radius 2 is 1.65 bits per heavy atom. The largest absolute Gasteiger partial charge is 0.328 e. The standard InChI is InChI=1S/C20H26N4O2/c1-15-12-19(25)24(20(26)21-15)11-8-22-6-9-23(10-7-22)18-13-16-4-2-3-5-17(16)14-18/h2-5,12,18H,6-11,13-14H2,1H3,(H,21,26). The van der Waals surface area contributed by atoms with E-state index in [4.69, 9.17) is 0 Å². The van der Waals surface area contributed by atoms with Crippen molar-refractivity contribution in [2.45, 2.75) is 32.4 Å². The highest BCUT2D eigenvalue weighted by molar-refractivity contribution is 5.33. The summed E-state index contributed by atoms with van der Waals surface area (Å²) in [6.07, 6.45) is 2.31. The van der Waals surface area contributed by atoms with Crippen LogP contribution in [0.2, 0.25) is 0 Å². The highest BCUT2D eigenvalue weighted by Gasteiger charge is 2.28. The quantitative estimate of drug-likeness (QED) is 0.875. The maximum atomic E-state index is 12.0. The van der Waals surface area contributed by atoms with Gasteiger partial charge in [-0.25, -0.2) is 4.79 Å². The SMILES string of the molecule is Cc1cc(=O)n(CCN2CCN(C3Cc4ccccc4C3)CC2)c(=O)[nH]1. The van der Waals surface area contributed by atoms with Crippen molar-refractivity contribution in [3.8, 4) is 0 Å². The summed E-state index contributed by atoms with van der Waals surface area (Å²) in [6.45, 7) is 7.01. The van der Waals surface area contributed by atoms with Crippen LogP contribution in [-0.4, -0.2) is 58.1 Å². The molecular formula is C20H26N4O2. The smallest absolute Gasteiger partial charge is 0.311 e. The van der Waals surface area contributed by atoms with E-state index in [1.54, 1.807) is 6.92 Å². The summed E-state index contributed by atoms with van der Waals surface area (Å²) in [5.74, 6) is 0. The van der Waals surface area contributed by atoms with Crippen molar-refractivity contribution in [2.24, 2.45) is 0 Å². The molecule has 1 N–H and O–H groups in total. The first-order chi connectivity index (χ1) is 12.6. The van der Waals surface area contributed by atoms with Crippen molar-refractivity contribution >= 4 is 0 Å². The summed E-state index contributed by atoms with van der Waals surface area (Å²) < 4.78 is 1.30. The second-order valence-electron chi connectivity index (χ2n) is 7.46. The molecule has 0 saturated carbocycles. The molecule has 0 radical (unpaired) electrons. The number of fused-ring (bicyclic) bond motifs is 1. The van der Waals surface area contributed by atoms with Crippen LogP contribution in [0.5, 0.6) is 0 Å². The van der Waals surface area contributed by atoms with Crippen molar-refractivity contribution < 1.29 is 0 Å². The Labute approximate surface area is 153 Å². The van der Waals surface area contributed by atoms with Gasteiger partial charge < -0.3 is 4.98 Å². The number of nitrogens with zero attached hydrogens (tertiary/aromatic N) is 3. The predicted molar refractivity (Wildman–Crippen MR) is 102 cm³/mol. The normalized spacial score (nSPS) is 19.0. The fraction of sp³-hybridized carbons (Fsp3) is 0.500. The molecular weight excluding hydrogens is 328 g/mol. The molecule has 2 aliphatic rings.